The first-order chi connectivity index (χ1) is 10.3. The summed E-state index contributed by atoms with van der Waals surface area (Å²) in [5, 5.41) is 0.799. The van der Waals surface area contributed by atoms with Gasteiger partial charge in [0.25, 0.3) is 0 Å². The molecule has 0 amide bonds. The van der Waals surface area contributed by atoms with Crippen molar-refractivity contribution in [2.45, 2.75) is 18.4 Å². The van der Waals surface area contributed by atoms with E-state index in [0.717, 1.165) is 30.3 Å². The second-order valence-electron chi connectivity index (χ2n) is 4.31. The zero-order valence-corrected chi connectivity index (χ0v) is 13.4. The first-order valence-electron chi connectivity index (χ1n) is 6.12. The van der Waals surface area contributed by atoms with Gasteiger partial charge in [-0.15, -0.1) is 11.3 Å². The summed E-state index contributed by atoms with van der Waals surface area (Å²) in [7, 11) is -2.94. The van der Waals surface area contributed by atoms with Crippen molar-refractivity contribution in [2.75, 3.05) is 7.11 Å². The number of sulfonamides is 1. The Morgan fingerprint density at radius 2 is 2.18 bits per heavy atom. The zero-order valence-electron chi connectivity index (χ0n) is 11.8. The number of carbonyl (C=O) groups is 1. The molecule has 118 valence electrons. The van der Waals surface area contributed by atoms with Crippen LogP contribution >= 0.6 is 11.3 Å². The average Bonchev–Trinajstić information content (AvgIpc) is 2.90. The molecule has 0 bridgehead atoms. The van der Waals surface area contributed by atoms with E-state index >= 15 is 0 Å². The van der Waals surface area contributed by atoms with E-state index in [4.69, 9.17) is 0 Å². The minimum atomic E-state index is -4.10. The summed E-state index contributed by atoms with van der Waals surface area (Å²) < 4.78 is 44.9. The van der Waals surface area contributed by atoms with Crippen molar-refractivity contribution in [1.29, 1.82) is 0 Å². The molecule has 0 fully saturated rings. The molecule has 1 aromatic carbocycles. The Morgan fingerprint density at radius 3 is 2.77 bits per heavy atom. The predicted octanol–water partition coefficient (Wildman–Crippen LogP) is 1.86. The second kappa shape index (κ2) is 6.51. The SMILES string of the molecule is COC(=O)c1ccc(F)c(S(=O)(=O)NCc2cnc(C)s2)c1. The maximum absolute atomic E-state index is 13.8. The molecule has 9 heteroatoms. The van der Waals surface area contributed by atoms with Crippen LogP contribution in [0.15, 0.2) is 29.3 Å². The highest BCUT2D eigenvalue weighted by Gasteiger charge is 2.21. The number of hydrogen-bond donors (Lipinski definition) is 1. The number of benzene rings is 1. The molecule has 0 unspecified atom stereocenters. The molecule has 0 saturated heterocycles. The van der Waals surface area contributed by atoms with Crippen LogP contribution in [0, 0.1) is 12.7 Å². The van der Waals surface area contributed by atoms with Gasteiger partial charge in [-0.25, -0.2) is 27.3 Å². The van der Waals surface area contributed by atoms with Crippen LogP contribution in [0.5, 0.6) is 0 Å². The molecule has 22 heavy (non-hydrogen) atoms. The molecule has 0 saturated carbocycles. The predicted molar refractivity (Wildman–Crippen MR) is 78.6 cm³/mol. The normalized spacial score (nSPS) is 11.4. The summed E-state index contributed by atoms with van der Waals surface area (Å²) in [6.45, 7) is 1.79. The van der Waals surface area contributed by atoms with E-state index in [1.54, 1.807) is 13.1 Å². The molecule has 1 aromatic heterocycles. The van der Waals surface area contributed by atoms with Gasteiger partial charge in [0.2, 0.25) is 10.0 Å². The van der Waals surface area contributed by atoms with Crippen molar-refractivity contribution in [1.82, 2.24) is 9.71 Å². The Morgan fingerprint density at radius 1 is 1.45 bits per heavy atom. The van der Waals surface area contributed by atoms with Gasteiger partial charge in [-0.3, -0.25) is 0 Å². The number of ether oxygens (including phenoxy) is 1. The Bertz CT molecular complexity index is 802. The van der Waals surface area contributed by atoms with Gasteiger partial charge in [0.1, 0.15) is 10.7 Å². The average molecular weight is 344 g/mol. The van der Waals surface area contributed by atoms with E-state index in [-0.39, 0.29) is 12.1 Å². The Kier molecular flexibility index (Phi) is 4.89. The van der Waals surface area contributed by atoms with Crippen molar-refractivity contribution in [2.24, 2.45) is 0 Å². The molecule has 0 radical (unpaired) electrons. The van der Waals surface area contributed by atoms with Crippen LogP contribution in [0.25, 0.3) is 0 Å². The van der Waals surface area contributed by atoms with E-state index in [0.29, 0.717) is 4.88 Å². The lowest BCUT2D eigenvalue weighted by Crippen LogP contribution is -2.24. The summed E-state index contributed by atoms with van der Waals surface area (Å²) >= 11 is 1.33. The molecule has 2 aromatic rings. The zero-order chi connectivity index (χ0) is 16.3. The molecule has 0 spiro atoms. The van der Waals surface area contributed by atoms with E-state index < -0.39 is 26.7 Å². The van der Waals surface area contributed by atoms with Crippen molar-refractivity contribution in [3.05, 3.63) is 45.7 Å². The third kappa shape index (κ3) is 3.67. The Hall–Kier alpha value is -1.84. The summed E-state index contributed by atoms with van der Waals surface area (Å²) in [6, 6.07) is 3.02. The smallest absolute Gasteiger partial charge is 0.337 e. The topological polar surface area (TPSA) is 85.4 Å². The third-order valence-electron chi connectivity index (χ3n) is 2.75. The highest BCUT2D eigenvalue weighted by Crippen LogP contribution is 2.18. The van der Waals surface area contributed by atoms with Crippen LogP contribution < -0.4 is 4.72 Å². The molecular formula is C13H13FN2O4S2. The van der Waals surface area contributed by atoms with Gasteiger partial charge in [0.05, 0.1) is 17.7 Å². The van der Waals surface area contributed by atoms with Gasteiger partial charge in [0, 0.05) is 17.6 Å². The van der Waals surface area contributed by atoms with E-state index in [1.165, 1.54) is 11.3 Å². The highest BCUT2D eigenvalue weighted by molar-refractivity contribution is 7.89. The van der Waals surface area contributed by atoms with E-state index in [9.17, 15) is 17.6 Å². The number of nitrogens with one attached hydrogen (secondary N) is 1. The number of esters is 1. The van der Waals surface area contributed by atoms with Crippen LogP contribution in [-0.4, -0.2) is 26.5 Å². The minimum absolute atomic E-state index is 0.00423. The largest absolute Gasteiger partial charge is 0.465 e. The lowest BCUT2D eigenvalue weighted by atomic mass is 10.2. The quantitative estimate of drug-likeness (QED) is 0.837. The molecule has 0 atom stereocenters. The van der Waals surface area contributed by atoms with Gasteiger partial charge in [-0.1, -0.05) is 0 Å². The van der Waals surface area contributed by atoms with E-state index in [1.807, 2.05) is 0 Å². The summed E-state index contributed by atoms with van der Waals surface area (Å²) in [4.78, 5) is 15.5. The van der Waals surface area contributed by atoms with Gasteiger partial charge >= 0.3 is 5.97 Å². The maximum Gasteiger partial charge on any atom is 0.337 e. The number of carbonyl (C=O) groups excluding carboxylic acids is 1. The monoisotopic (exact) mass is 344 g/mol. The van der Waals surface area contributed by atoms with Gasteiger partial charge in [-0.05, 0) is 25.1 Å². The summed E-state index contributed by atoms with van der Waals surface area (Å²) in [5.41, 5.74) is -0.0436. The number of aryl methyl sites for hydroxylation is 1. The van der Waals surface area contributed by atoms with Crippen LogP contribution in [0.4, 0.5) is 4.39 Å². The molecular weight excluding hydrogens is 331 g/mol. The van der Waals surface area contributed by atoms with Crippen molar-refractivity contribution in [3.8, 4) is 0 Å². The van der Waals surface area contributed by atoms with Crippen molar-refractivity contribution in [3.63, 3.8) is 0 Å². The molecule has 1 N–H and O–H groups in total. The Labute approximate surface area is 131 Å². The number of halogens is 1. The maximum atomic E-state index is 13.8. The fraction of sp³-hybridized carbons (Fsp3) is 0.231. The fourth-order valence-corrected chi connectivity index (χ4v) is 3.62. The van der Waals surface area contributed by atoms with Crippen LogP contribution in [0.3, 0.4) is 0 Å². The number of aromatic nitrogens is 1. The number of nitrogens with zero attached hydrogens (tertiary/aromatic N) is 1. The number of rotatable bonds is 5. The first-order valence-corrected chi connectivity index (χ1v) is 8.42. The molecule has 1 heterocycles. The minimum Gasteiger partial charge on any atom is -0.465 e. The second-order valence-corrected chi connectivity index (χ2v) is 7.36. The van der Waals surface area contributed by atoms with Crippen molar-refractivity contribution >= 4 is 27.3 Å². The van der Waals surface area contributed by atoms with Gasteiger partial charge in [-0.2, -0.15) is 0 Å². The number of thiazole rings is 1. The first kappa shape index (κ1) is 16.5. The highest BCUT2D eigenvalue weighted by atomic mass is 32.2. The van der Waals surface area contributed by atoms with Crippen LogP contribution in [0.1, 0.15) is 20.2 Å². The molecule has 0 aliphatic carbocycles. The van der Waals surface area contributed by atoms with E-state index in [2.05, 4.69) is 14.4 Å². The molecule has 6 nitrogen and oxygen atoms in total. The summed E-state index contributed by atoms with van der Waals surface area (Å²) in [5.74, 6) is -1.69. The fourth-order valence-electron chi connectivity index (χ4n) is 1.69. The molecule has 0 aliphatic rings. The lowest BCUT2D eigenvalue weighted by Gasteiger charge is -2.08. The van der Waals surface area contributed by atoms with Gasteiger partial charge < -0.3 is 4.74 Å². The number of methoxy groups -OCH3 is 1. The number of hydrogen-bond acceptors (Lipinski definition) is 6. The molecule has 2 rings (SSSR count). The Balaban J connectivity index is 2.26. The van der Waals surface area contributed by atoms with Crippen LogP contribution in [-0.2, 0) is 21.3 Å². The molecule has 0 aliphatic heterocycles. The summed E-state index contributed by atoms with van der Waals surface area (Å²) in [6.07, 6.45) is 1.55. The van der Waals surface area contributed by atoms with Crippen molar-refractivity contribution < 1.29 is 22.3 Å². The third-order valence-corrected chi connectivity index (χ3v) is 5.08. The lowest BCUT2D eigenvalue weighted by molar-refractivity contribution is 0.0600. The standard InChI is InChI=1S/C13H13FN2O4S2/c1-8-15-6-10(21-8)7-16-22(18,19)12-5-9(13(17)20-2)3-4-11(12)14/h3-6,16H,7H2,1-2H3. The van der Waals surface area contributed by atoms with Crippen LogP contribution in [0.2, 0.25) is 0 Å². The van der Waals surface area contributed by atoms with Gasteiger partial charge in [0.15, 0.2) is 0 Å².